The molecule has 2 heterocycles. The molecule has 0 amide bonds. The number of hydrogen-bond acceptors (Lipinski definition) is 5. The molecule has 0 aliphatic carbocycles. The van der Waals surface area contributed by atoms with Gasteiger partial charge in [-0.15, -0.1) is 0 Å². The van der Waals surface area contributed by atoms with Gasteiger partial charge < -0.3 is 15.6 Å². The second-order valence-corrected chi connectivity index (χ2v) is 4.27. The fraction of sp³-hybridized carbons (Fsp3) is 0.333. The maximum absolute atomic E-state index is 14.1. The molecular formula is C12H12F3N3O3. The summed E-state index contributed by atoms with van der Waals surface area (Å²) in [6.45, 7) is -0.652. The second-order valence-electron chi connectivity index (χ2n) is 4.27. The number of aliphatic hydroxyl groups excluding tert-OH is 1. The van der Waals surface area contributed by atoms with Crippen LogP contribution in [0.5, 0.6) is 0 Å². The van der Waals surface area contributed by atoms with Gasteiger partial charge in [0.25, 0.3) is 0 Å². The maximum Gasteiger partial charge on any atom is 0.351 e. The number of ether oxygens (including phenoxy) is 1. The van der Waals surface area contributed by atoms with Crippen molar-refractivity contribution in [1.29, 1.82) is 0 Å². The summed E-state index contributed by atoms with van der Waals surface area (Å²) in [5, 5.41) is 9.02. The van der Waals surface area contributed by atoms with Crippen LogP contribution in [0.25, 0.3) is 6.08 Å². The summed E-state index contributed by atoms with van der Waals surface area (Å²) < 4.78 is 44.8. The van der Waals surface area contributed by atoms with Gasteiger partial charge >= 0.3 is 5.69 Å². The Morgan fingerprint density at radius 3 is 2.76 bits per heavy atom. The monoisotopic (exact) mass is 303 g/mol. The van der Waals surface area contributed by atoms with Gasteiger partial charge in [-0.05, 0) is 6.08 Å². The highest BCUT2D eigenvalue weighted by atomic mass is 19.1. The predicted octanol–water partition coefficient (Wildman–Crippen LogP) is 0.847. The van der Waals surface area contributed by atoms with Crippen molar-refractivity contribution in [2.45, 2.75) is 18.5 Å². The average Bonchev–Trinajstić information content (AvgIpc) is 2.78. The molecule has 0 bridgehead atoms. The van der Waals surface area contributed by atoms with Crippen LogP contribution < -0.4 is 11.4 Å². The summed E-state index contributed by atoms with van der Waals surface area (Å²) in [6, 6.07) is 0. The molecule has 1 aliphatic rings. The molecular weight excluding hydrogens is 291 g/mol. The van der Waals surface area contributed by atoms with Crippen LogP contribution in [0, 0.1) is 0 Å². The van der Waals surface area contributed by atoms with Crippen LogP contribution in [0.4, 0.5) is 19.0 Å². The molecule has 0 radical (unpaired) electrons. The molecule has 3 atom stereocenters. The first-order valence-corrected chi connectivity index (χ1v) is 5.89. The minimum Gasteiger partial charge on any atom is -0.393 e. The van der Waals surface area contributed by atoms with E-state index in [0.717, 1.165) is 16.8 Å². The normalized spacial score (nSPS) is 27.8. The molecule has 1 saturated heterocycles. The van der Waals surface area contributed by atoms with E-state index < -0.39 is 36.4 Å². The number of nitrogens with zero attached hydrogens (tertiary/aromatic N) is 2. The zero-order valence-corrected chi connectivity index (χ0v) is 10.6. The molecule has 2 rings (SSSR count). The van der Waals surface area contributed by atoms with E-state index in [0.29, 0.717) is 0 Å². The van der Waals surface area contributed by atoms with Crippen molar-refractivity contribution in [2.24, 2.45) is 0 Å². The van der Waals surface area contributed by atoms with E-state index in [4.69, 9.17) is 15.6 Å². The summed E-state index contributed by atoms with van der Waals surface area (Å²) in [6.07, 6.45) is -2.57. The molecule has 21 heavy (non-hydrogen) atoms. The fourth-order valence-electron chi connectivity index (χ4n) is 2.02. The summed E-state index contributed by atoms with van der Waals surface area (Å²) in [4.78, 5) is 15.2. The highest BCUT2D eigenvalue weighted by Gasteiger charge is 2.42. The van der Waals surface area contributed by atoms with E-state index in [-0.39, 0.29) is 24.0 Å². The minimum atomic E-state index is -1.99. The molecule has 9 heteroatoms. The highest BCUT2D eigenvalue weighted by Crippen LogP contribution is 2.35. The third-order valence-corrected chi connectivity index (χ3v) is 3.06. The number of rotatable bonds is 3. The Bertz CT molecular complexity index is 644. The van der Waals surface area contributed by atoms with Crippen LogP contribution in [-0.4, -0.2) is 33.5 Å². The lowest BCUT2D eigenvalue weighted by molar-refractivity contribution is -0.0375. The average molecular weight is 303 g/mol. The zero-order valence-electron chi connectivity index (χ0n) is 10.6. The van der Waals surface area contributed by atoms with E-state index >= 15 is 0 Å². The van der Waals surface area contributed by atoms with Crippen molar-refractivity contribution in [3.63, 3.8) is 0 Å². The molecule has 0 aromatic carbocycles. The summed E-state index contributed by atoms with van der Waals surface area (Å²) in [7, 11) is 0. The fourth-order valence-corrected chi connectivity index (χ4v) is 2.02. The van der Waals surface area contributed by atoms with Crippen molar-refractivity contribution < 1.29 is 23.0 Å². The van der Waals surface area contributed by atoms with E-state index in [1.807, 2.05) is 0 Å². The quantitative estimate of drug-likeness (QED) is 0.864. The Balaban J connectivity index is 2.47. The molecule has 1 aromatic heterocycles. The van der Waals surface area contributed by atoms with Gasteiger partial charge in [0, 0.05) is 17.3 Å². The lowest BCUT2D eigenvalue weighted by atomic mass is 10.1. The first kappa shape index (κ1) is 15.3. The molecule has 1 fully saturated rings. The molecule has 1 aromatic rings. The van der Waals surface area contributed by atoms with Gasteiger partial charge in [0.05, 0.1) is 19.3 Å². The second kappa shape index (κ2) is 6.10. The lowest BCUT2D eigenvalue weighted by Crippen LogP contribution is -2.31. The molecule has 3 N–H and O–H groups in total. The van der Waals surface area contributed by atoms with Gasteiger partial charge in [0.1, 0.15) is 11.9 Å². The van der Waals surface area contributed by atoms with Crippen molar-refractivity contribution >= 4 is 11.9 Å². The Morgan fingerprint density at radius 1 is 1.52 bits per heavy atom. The summed E-state index contributed by atoms with van der Waals surface area (Å²) in [5.74, 6) is -0.237. The molecule has 6 nitrogen and oxygen atoms in total. The number of aromatic nitrogens is 2. The Hall–Kier alpha value is -2.13. The maximum atomic E-state index is 14.1. The first-order chi connectivity index (χ1) is 10.0. The van der Waals surface area contributed by atoms with Crippen LogP contribution in [0.15, 0.2) is 29.2 Å². The van der Waals surface area contributed by atoms with Crippen molar-refractivity contribution in [1.82, 2.24) is 9.55 Å². The van der Waals surface area contributed by atoms with Gasteiger partial charge in [-0.25, -0.2) is 18.0 Å². The van der Waals surface area contributed by atoms with Gasteiger partial charge in [-0.2, -0.15) is 4.98 Å². The Kier molecular flexibility index (Phi) is 4.43. The first-order valence-electron chi connectivity index (χ1n) is 5.89. The number of hydrogen-bond donors (Lipinski definition) is 2. The SMILES string of the molecule is Nc1nc(=O)n(C2OC(CO)/C(=C/F)C2F)cc1/C=C\F. The van der Waals surface area contributed by atoms with Crippen LogP contribution in [-0.2, 0) is 4.74 Å². The molecule has 0 spiro atoms. The Labute approximate surface area is 117 Å². The number of anilines is 1. The van der Waals surface area contributed by atoms with E-state index in [9.17, 15) is 18.0 Å². The van der Waals surface area contributed by atoms with Gasteiger partial charge in [0.15, 0.2) is 12.4 Å². The summed E-state index contributed by atoms with van der Waals surface area (Å²) in [5.41, 5.74) is 4.10. The largest absolute Gasteiger partial charge is 0.393 e. The van der Waals surface area contributed by atoms with Crippen LogP contribution in [0.2, 0.25) is 0 Å². The van der Waals surface area contributed by atoms with E-state index in [2.05, 4.69) is 4.98 Å². The Morgan fingerprint density at radius 2 is 2.24 bits per heavy atom. The number of halogens is 3. The lowest BCUT2D eigenvalue weighted by Gasteiger charge is -2.16. The van der Waals surface area contributed by atoms with Gasteiger partial charge in [-0.3, -0.25) is 4.57 Å². The smallest absolute Gasteiger partial charge is 0.351 e. The van der Waals surface area contributed by atoms with Crippen LogP contribution in [0.1, 0.15) is 11.8 Å². The highest BCUT2D eigenvalue weighted by molar-refractivity contribution is 5.58. The van der Waals surface area contributed by atoms with E-state index in [1.165, 1.54) is 0 Å². The molecule has 1 aliphatic heterocycles. The number of nitrogen functional groups attached to an aromatic ring is 1. The third kappa shape index (κ3) is 2.69. The topological polar surface area (TPSA) is 90.4 Å². The van der Waals surface area contributed by atoms with Crippen molar-refractivity contribution in [3.8, 4) is 0 Å². The molecule has 114 valence electrons. The van der Waals surface area contributed by atoms with Crippen LogP contribution >= 0.6 is 0 Å². The number of aliphatic hydroxyl groups is 1. The van der Waals surface area contributed by atoms with Crippen LogP contribution in [0.3, 0.4) is 0 Å². The number of nitrogens with two attached hydrogens (primary N) is 1. The third-order valence-electron chi connectivity index (χ3n) is 3.06. The van der Waals surface area contributed by atoms with E-state index in [1.54, 1.807) is 0 Å². The molecule has 3 unspecified atom stereocenters. The number of alkyl halides is 1. The molecule has 0 saturated carbocycles. The zero-order chi connectivity index (χ0) is 15.6. The van der Waals surface area contributed by atoms with Crippen molar-refractivity contribution in [2.75, 3.05) is 12.3 Å². The standard InChI is InChI=1S/C12H12F3N3O3/c13-2-1-6-4-18(12(20)17-10(6)16)11-9(15)7(3-14)8(5-19)21-11/h1-4,8-9,11,19H,5H2,(H2,16,17,20)/b2-1-,7-3-. The van der Waals surface area contributed by atoms with Gasteiger partial charge in [0.2, 0.25) is 0 Å². The summed E-state index contributed by atoms with van der Waals surface area (Å²) >= 11 is 0. The van der Waals surface area contributed by atoms with Crippen molar-refractivity contribution in [3.05, 3.63) is 40.5 Å². The van der Waals surface area contributed by atoms with Gasteiger partial charge in [-0.1, -0.05) is 0 Å². The predicted molar refractivity (Wildman–Crippen MR) is 68.1 cm³/mol. The minimum absolute atomic E-state index is 0.0102.